The van der Waals surface area contributed by atoms with E-state index in [0.717, 1.165) is 0 Å². The van der Waals surface area contributed by atoms with E-state index in [1.165, 1.54) is 12.1 Å². The number of non-ortho nitro benzene ring substituents is 2. The zero-order valence-electron chi connectivity index (χ0n) is 9.49. The van der Waals surface area contributed by atoms with Crippen molar-refractivity contribution < 1.29 is 9.85 Å². The van der Waals surface area contributed by atoms with Gasteiger partial charge in [0.05, 0.1) is 31.7 Å². The first-order valence-electron chi connectivity index (χ1n) is 5.42. The van der Waals surface area contributed by atoms with Gasteiger partial charge in [-0.05, 0) is 12.1 Å². The number of fused-ring (bicyclic) bond motifs is 3. The largest absolute Gasteiger partial charge is 0.354 e. The Morgan fingerprint density at radius 3 is 1.58 bits per heavy atom. The fraction of sp³-hybridized carbons (Fsp3) is 0. The summed E-state index contributed by atoms with van der Waals surface area (Å²) in [5.41, 5.74) is 0.744. The maximum absolute atomic E-state index is 11.1. The third-order valence-corrected chi connectivity index (χ3v) is 3.00. The molecular weight excluding hydrogens is 250 g/mol. The lowest BCUT2D eigenvalue weighted by Crippen LogP contribution is -1.91. The predicted octanol–water partition coefficient (Wildman–Crippen LogP) is 3.14. The first kappa shape index (κ1) is 11.1. The Kier molecular flexibility index (Phi) is 2.21. The number of H-pyrrole nitrogens is 1. The molecule has 0 atom stereocenters. The molecular formula is C12H7N3O4. The van der Waals surface area contributed by atoms with Crippen LogP contribution in [0.15, 0.2) is 36.4 Å². The quantitative estimate of drug-likeness (QED) is 0.562. The van der Waals surface area contributed by atoms with Gasteiger partial charge in [-0.25, -0.2) is 0 Å². The summed E-state index contributed by atoms with van der Waals surface area (Å²) in [7, 11) is 0. The van der Waals surface area contributed by atoms with Crippen LogP contribution in [0.25, 0.3) is 21.8 Å². The Balaban J connectivity index is 2.59. The van der Waals surface area contributed by atoms with E-state index in [0.29, 0.717) is 11.0 Å². The fourth-order valence-electron chi connectivity index (χ4n) is 2.26. The highest BCUT2D eigenvalue weighted by Crippen LogP contribution is 2.37. The van der Waals surface area contributed by atoms with Gasteiger partial charge in [-0.3, -0.25) is 20.2 Å². The van der Waals surface area contributed by atoms with Gasteiger partial charge in [-0.2, -0.15) is 0 Å². The van der Waals surface area contributed by atoms with Crippen LogP contribution in [-0.2, 0) is 0 Å². The third-order valence-electron chi connectivity index (χ3n) is 3.00. The van der Waals surface area contributed by atoms with E-state index in [1.54, 1.807) is 24.3 Å². The van der Waals surface area contributed by atoms with E-state index in [-0.39, 0.29) is 22.1 Å². The van der Waals surface area contributed by atoms with Crippen molar-refractivity contribution in [1.29, 1.82) is 0 Å². The van der Waals surface area contributed by atoms with Crippen LogP contribution in [0.2, 0.25) is 0 Å². The highest BCUT2D eigenvalue weighted by Gasteiger charge is 2.22. The number of nitrogens with one attached hydrogen (secondary N) is 1. The third kappa shape index (κ3) is 1.52. The molecule has 1 N–H and O–H groups in total. The summed E-state index contributed by atoms with van der Waals surface area (Å²) in [4.78, 5) is 24.0. The summed E-state index contributed by atoms with van der Waals surface area (Å²) in [5, 5.41) is 22.7. The summed E-state index contributed by atoms with van der Waals surface area (Å²) in [6.07, 6.45) is 0. The first-order valence-corrected chi connectivity index (χ1v) is 5.42. The van der Waals surface area contributed by atoms with Gasteiger partial charge >= 0.3 is 0 Å². The first-order chi connectivity index (χ1) is 9.09. The smallest absolute Gasteiger partial charge is 0.279 e. The summed E-state index contributed by atoms with van der Waals surface area (Å²) in [6, 6.07) is 9.08. The zero-order valence-corrected chi connectivity index (χ0v) is 9.49. The van der Waals surface area contributed by atoms with Gasteiger partial charge < -0.3 is 4.98 Å². The van der Waals surface area contributed by atoms with Crippen LogP contribution < -0.4 is 0 Å². The van der Waals surface area contributed by atoms with Gasteiger partial charge in [0.1, 0.15) is 0 Å². The van der Waals surface area contributed by atoms with Gasteiger partial charge in [-0.15, -0.1) is 0 Å². The van der Waals surface area contributed by atoms with Crippen LogP contribution in [0.1, 0.15) is 0 Å². The minimum Gasteiger partial charge on any atom is -0.354 e. The van der Waals surface area contributed by atoms with Crippen molar-refractivity contribution in [1.82, 2.24) is 4.98 Å². The van der Waals surface area contributed by atoms with Gasteiger partial charge in [0, 0.05) is 12.1 Å². The molecule has 19 heavy (non-hydrogen) atoms. The number of aromatic amines is 1. The maximum atomic E-state index is 11.1. The van der Waals surface area contributed by atoms with Crippen LogP contribution in [0.4, 0.5) is 11.4 Å². The summed E-state index contributed by atoms with van der Waals surface area (Å²) >= 11 is 0. The number of nitrogens with zero attached hydrogens (tertiary/aromatic N) is 2. The molecule has 0 saturated heterocycles. The van der Waals surface area contributed by atoms with E-state index < -0.39 is 9.85 Å². The standard InChI is InChI=1S/C12H7N3O4/c16-14(17)9-5-1-3-7-11(9)12-8(13-7)4-2-6-10(12)15(18)19/h1-6,13H. The molecule has 0 radical (unpaired) electrons. The molecule has 0 aliphatic heterocycles. The van der Waals surface area contributed by atoms with E-state index in [4.69, 9.17) is 0 Å². The Morgan fingerprint density at radius 2 is 1.21 bits per heavy atom. The molecule has 0 bridgehead atoms. The number of hydrogen-bond acceptors (Lipinski definition) is 4. The Morgan fingerprint density at radius 1 is 0.789 bits per heavy atom. The fourth-order valence-corrected chi connectivity index (χ4v) is 2.26. The molecule has 94 valence electrons. The maximum Gasteiger partial charge on any atom is 0.279 e. The van der Waals surface area contributed by atoms with Crippen molar-refractivity contribution in [2.45, 2.75) is 0 Å². The number of hydrogen-bond donors (Lipinski definition) is 1. The second kappa shape index (κ2) is 3.77. The van der Waals surface area contributed by atoms with Crippen LogP contribution in [0.5, 0.6) is 0 Å². The Labute approximate surface area is 105 Å². The van der Waals surface area contributed by atoms with Crippen LogP contribution in [-0.4, -0.2) is 14.8 Å². The SMILES string of the molecule is O=[N+]([O-])c1cccc2[nH]c3cccc([N+](=O)[O-])c3c12. The molecule has 0 amide bonds. The van der Waals surface area contributed by atoms with E-state index in [9.17, 15) is 20.2 Å². The molecule has 7 nitrogen and oxygen atoms in total. The highest BCUT2D eigenvalue weighted by atomic mass is 16.6. The van der Waals surface area contributed by atoms with E-state index in [1.807, 2.05) is 0 Å². The average molecular weight is 257 g/mol. The molecule has 0 saturated carbocycles. The summed E-state index contributed by atoms with van der Waals surface area (Å²) in [6.45, 7) is 0. The molecule has 7 heteroatoms. The molecule has 3 aromatic rings. The normalized spacial score (nSPS) is 10.9. The second-order valence-corrected chi connectivity index (χ2v) is 4.04. The summed E-state index contributed by atoms with van der Waals surface area (Å²) in [5.74, 6) is 0. The lowest BCUT2D eigenvalue weighted by Gasteiger charge is -1.96. The molecule has 0 spiro atoms. The van der Waals surface area contributed by atoms with Crippen molar-refractivity contribution in [3.05, 3.63) is 56.6 Å². The van der Waals surface area contributed by atoms with E-state index >= 15 is 0 Å². The Hall–Kier alpha value is -2.96. The predicted molar refractivity (Wildman–Crippen MR) is 69.1 cm³/mol. The van der Waals surface area contributed by atoms with Gasteiger partial charge in [0.2, 0.25) is 0 Å². The summed E-state index contributed by atoms with van der Waals surface area (Å²) < 4.78 is 0. The van der Waals surface area contributed by atoms with Gasteiger partial charge in [0.25, 0.3) is 11.4 Å². The molecule has 0 fully saturated rings. The minimum atomic E-state index is -0.535. The molecule has 0 unspecified atom stereocenters. The lowest BCUT2D eigenvalue weighted by atomic mass is 10.1. The molecule has 0 aliphatic rings. The number of nitro groups is 2. The lowest BCUT2D eigenvalue weighted by molar-refractivity contribution is -0.384. The van der Waals surface area contributed by atoms with Crippen molar-refractivity contribution in [3.63, 3.8) is 0 Å². The van der Waals surface area contributed by atoms with Gasteiger partial charge in [-0.1, -0.05) is 12.1 Å². The minimum absolute atomic E-state index is 0.141. The van der Waals surface area contributed by atoms with Crippen LogP contribution in [0, 0.1) is 20.2 Å². The number of aromatic nitrogens is 1. The van der Waals surface area contributed by atoms with Crippen LogP contribution in [0.3, 0.4) is 0 Å². The number of benzene rings is 2. The van der Waals surface area contributed by atoms with Crippen molar-refractivity contribution in [2.75, 3.05) is 0 Å². The van der Waals surface area contributed by atoms with Gasteiger partial charge in [0.15, 0.2) is 0 Å². The Bertz CT molecular complexity index is 769. The zero-order chi connectivity index (χ0) is 13.6. The highest BCUT2D eigenvalue weighted by molar-refractivity contribution is 6.15. The second-order valence-electron chi connectivity index (χ2n) is 4.04. The van der Waals surface area contributed by atoms with Crippen molar-refractivity contribution in [2.24, 2.45) is 0 Å². The topological polar surface area (TPSA) is 102 Å². The van der Waals surface area contributed by atoms with E-state index in [2.05, 4.69) is 4.98 Å². The molecule has 3 rings (SSSR count). The molecule has 0 aliphatic carbocycles. The van der Waals surface area contributed by atoms with Crippen LogP contribution >= 0.6 is 0 Å². The molecule has 1 aromatic heterocycles. The number of nitro benzene ring substituents is 2. The molecule has 1 heterocycles. The average Bonchev–Trinajstić information content (AvgIpc) is 2.76. The van der Waals surface area contributed by atoms with Crippen molar-refractivity contribution in [3.8, 4) is 0 Å². The monoisotopic (exact) mass is 257 g/mol. The number of rotatable bonds is 2. The molecule has 2 aromatic carbocycles. The van der Waals surface area contributed by atoms with Crippen molar-refractivity contribution >= 4 is 33.2 Å².